The largest absolute Gasteiger partial charge is 0.339 e. The fourth-order valence-corrected chi connectivity index (χ4v) is 6.57. The van der Waals surface area contributed by atoms with E-state index in [2.05, 4.69) is 31.3 Å². The van der Waals surface area contributed by atoms with E-state index in [1.807, 2.05) is 14.0 Å². The van der Waals surface area contributed by atoms with Crippen molar-refractivity contribution in [3.63, 3.8) is 0 Å². The number of rotatable bonds is 11. The topological polar surface area (TPSA) is 141 Å². The van der Waals surface area contributed by atoms with E-state index in [-0.39, 0.29) is 23.6 Å². The second-order valence-corrected chi connectivity index (χ2v) is 13.3. The van der Waals surface area contributed by atoms with E-state index in [1.54, 1.807) is 34.8 Å². The third-order valence-electron chi connectivity index (χ3n) is 9.75. The number of urea groups is 1. The van der Waals surface area contributed by atoms with Crippen molar-refractivity contribution in [3.05, 3.63) is 47.5 Å². The van der Waals surface area contributed by atoms with Crippen LogP contribution >= 0.6 is 0 Å². The maximum absolute atomic E-state index is 15.7. The number of likely N-dealkylation sites (N-methyl/N-ethyl adjacent to an activating group) is 1. The van der Waals surface area contributed by atoms with E-state index in [9.17, 15) is 19.2 Å². The number of nitrogens with zero attached hydrogens (tertiary/aromatic N) is 4. The number of aromatic nitrogens is 2. The van der Waals surface area contributed by atoms with Gasteiger partial charge in [-0.3, -0.25) is 19.1 Å². The molecular formula is C34H49FN8O4. The van der Waals surface area contributed by atoms with Gasteiger partial charge in [-0.2, -0.15) is 5.10 Å². The van der Waals surface area contributed by atoms with E-state index in [0.29, 0.717) is 30.9 Å². The van der Waals surface area contributed by atoms with Crippen molar-refractivity contribution in [2.24, 2.45) is 5.92 Å². The number of hydrogen-bond acceptors (Lipinski definition) is 6. The van der Waals surface area contributed by atoms with Crippen LogP contribution in [-0.4, -0.2) is 94.7 Å². The van der Waals surface area contributed by atoms with Gasteiger partial charge in [-0.05, 0) is 69.3 Å². The maximum Gasteiger partial charge on any atom is 0.315 e. The van der Waals surface area contributed by atoms with Crippen molar-refractivity contribution < 1.29 is 23.6 Å². The van der Waals surface area contributed by atoms with Crippen LogP contribution in [0.2, 0.25) is 0 Å². The second kappa shape index (κ2) is 15.7. The number of amides is 5. The molecule has 3 atom stereocenters. The quantitative estimate of drug-likeness (QED) is 0.274. The number of hydrogen-bond donors (Lipinski definition) is 4. The van der Waals surface area contributed by atoms with Crippen LogP contribution in [-0.2, 0) is 16.1 Å². The third kappa shape index (κ3) is 8.88. The highest BCUT2D eigenvalue weighted by Gasteiger charge is 2.35. The lowest BCUT2D eigenvalue weighted by Gasteiger charge is -2.36. The van der Waals surface area contributed by atoms with Gasteiger partial charge in [0.25, 0.3) is 5.91 Å². The molecule has 47 heavy (non-hydrogen) atoms. The molecule has 5 amide bonds. The lowest BCUT2D eigenvalue weighted by Crippen LogP contribution is -2.57. The number of piperazine rings is 1. The summed E-state index contributed by atoms with van der Waals surface area (Å²) in [4.78, 5) is 57.4. The van der Waals surface area contributed by atoms with E-state index in [4.69, 9.17) is 0 Å². The lowest BCUT2D eigenvalue weighted by atomic mass is 9.90. The van der Waals surface area contributed by atoms with Crippen LogP contribution in [0.15, 0.2) is 30.5 Å². The van der Waals surface area contributed by atoms with Gasteiger partial charge in [0.1, 0.15) is 23.6 Å². The standard InChI is InChI=1S/C34H49FN8O4/c1-4-43-28(15-16-36-43)31(44)39-30(23-9-7-5-6-8-10-23)32(45)38-27-14-11-24(21-26(27)35)22(2)29(40-34(47)37-25-12-13-25)33(46)42-19-17-41(3)18-20-42/h11,14-16,21-23,25,29-30H,4-10,12-13,17-20H2,1-3H3,(H,38,45)(H,39,44)(H2,37,40,47)/t22-,29+,30-/m0/s1. The normalized spacial score (nSPS) is 19.6. The van der Waals surface area contributed by atoms with E-state index in [0.717, 1.165) is 64.5 Å². The Morgan fingerprint density at radius 1 is 0.957 bits per heavy atom. The number of carbonyl (C=O) groups excluding carboxylic acids is 4. The predicted molar refractivity (Wildman–Crippen MR) is 176 cm³/mol. The van der Waals surface area contributed by atoms with Crippen molar-refractivity contribution in [2.45, 2.75) is 95.8 Å². The van der Waals surface area contributed by atoms with Gasteiger partial charge < -0.3 is 31.1 Å². The molecule has 2 aromatic rings. The minimum atomic E-state index is -0.900. The fraction of sp³-hybridized carbons (Fsp3) is 0.618. The van der Waals surface area contributed by atoms with Crippen LogP contribution in [0.3, 0.4) is 0 Å². The predicted octanol–water partition coefficient (Wildman–Crippen LogP) is 3.46. The van der Waals surface area contributed by atoms with Crippen molar-refractivity contribution in [1.82, 2.24) is 35.5 Å². The smallest absolute Gasteiger partial charge is 0.315 e. The van der Waals surface area contributed by atoms with Gasteiger partial charge in [0.05, 0.1) is 5.69 Å². The van der Waals surface area contributed by atoms with Crippen molar-refractivity contribution in [1.29, 1.82) is 0 Å². The van der Waals surface area contributed by atoms with Crippen molar-refractivity contribution in [3.8, 4) is 0 Å². The minimum absolute atomic E-state index is 0.0150. The molecule has 2 saturated carbocycles. The summed E-state index contributed by atoms with van der Waals surface area (Å²) in [6.07, 6.45) is 9.01. The van der Waals surface area contributed by atoms with Crippen molar-refractivity contribution >= 4 is 29.4 Å². The van der Waals surface area contributed by atoms with Crippen molar-refractivity contribution in [2.75, 3.05) is 38.5 Å². The molecule has 256 valence electrons. The van der Waals surface area contributed by atoms with Crippen LogP contribution in [0.25, 0.3) is 0 Å². The summed E-state index contributed by atoms with van der Waals surface area (Å²) < 4.78 is 17.3. The third-order valence-corrected chi connectivity index (χ3v) is 9.75. The molecule has 0 radical (unpaired) electrons. The molecule has 0 unspecified atom stereocenters. The second-order valence-electron chi connectivity index (χ2n) is 13.3. The highest BCUT2D eigenvalue weighted by atomic mass is 19.1. The molecule has 1 aromatic heterocycles. The molecule has 1 saturated heterocycles. The highest BCUT2D eigenvalue weighted by molar-refractivity contribution is 6.00. The first kappa shape index (κ1) is 34.3. The number of aryl methyl sites for hydroxylation is 1. The molecule has 5 rings (SSSR count). The molecule has 13 heteroatoms. The fourth-order valence-electron chi connectivity index (χ4n) is 6.57. The summed E-state index contributed by atoms with van der Waals surface area (Å²) in [5.41, 5.74) is 0.864. The summed E-state index contributed by atoms with van der Waals surface area (Å²) in [5, 5.41) is 15.6. The first-order valence-corrected chi connectivity index (χ1v) is 17.1. The van der Waals surface area contributed by atoms with Crippen LogP contribution < -0.4 is 21.3 Å². The van der Waals surface area contributed by atoms with Crippen LogP contribution in [0.5, 0.6) is 0 Å². The Hall–Kier alpha value is -4.00. The molecule has 0 spiro atoms. The van der Waals surface area contributed by atoms with Gasteiger partial charge >= 0.3 is 6.03 Å². The van der Waals surface area contributed by atoms with Gasteiger partial charge in [-0.1, -0.05) is 38.7 Å². The Morgan fingerprint density at radius 2 is 1.66 bits per heavy atom. The molecule has 1 aromatic carbocycles. The summed E-state index contributed by atoms with van der Waals surface area (Å²) in [6, 6.07) is 4.04. The average molecular weight is 653 g/mol. The zero-order chi connectivity index (χ0) is 33.5. The molecule has 12 nitrogen and oxygen atoms in total. The summed E-state index contributed by atoms with van der Waals surface area (Å²) >= 11 is 0. The summed E-state index contributed by atoms with van der Waals surface area (Å²) in [6.45, 7) is 6.74. The number of benzene rings is 1. The Balaban J connectivity index is 1.32. The molecule has 2 heterocycles. The number of nitrogens with one attached hydrogen (secondary N) is 4. The molecule has 0 bridgehead atoms. The molecule has 1 aliphatic heterocycles. The first-order chi connectivity index (χ1) is 22.6. The van der Waals surface area contributed by atoms with Crippen LogP contribution in [0.1, 0.15) is 87.2 Å². The van der Waals surface area contributed by atoms with Gasteiger partial charge in [0.15, 0.2) is 0 Å². The number of anilines is 1. The van der Waals surface area contributed by atoms with Crippen LogP contribution in [0, 0.1) is 11.7 Å². The molecule has 3 aliphatic rings. The zero-order valence-electron chi connectivity index (χ0n) is 27.8. The molecule has 3 fully saturated rings. The van der Waals surface area contributed by atoms with E-state index in [1.165, 1.54) is 12.1 Å². The first-order valence-electron chi connectivity index (χ1n) is 17.1. The molecule has 4 N–H and O–H groups in total. The van der Waals surface area contributed by atoms with Gasteiger partial charge in [0.2, 0.25) is 11.8 Å². The van der Waals surface area contributed by atoms with E-state index >= 15 is 4.39 Å². The van der Waals surface area contributed by atoms with Gasteiger partial charge in [0, 0.05) is 50.9 Å². The Labute approximate surface area is 276 Å². The molecular weight excluding hydrogens is 603 g/mol. The Morgan fingerprint density at radius 3 is 2.30 bits per heavy atom. The van der Waals surface area contributed by atoms with Crippen LogP contribution in [0.4, 0.5) is 14.9 Å². The molecule has 2 aliphatic carbocycles. The van der Waals surface area contributed by atoms with Gasteiger partial charge in [-0.25, -0.2) is 9.18 Å². The summed E-state index contributed by atoms with van der Waals surface area (Å²) in [5.74, 6) is -2.38. The zero-order valence-corrected chi connectivity index (χ0v) is 27.8. The number of carbonyl (C=O) groups is 4. The number of halogens is 1. The monoisotopic (exact) mass is 652 g/mol. The van der Waals surface area contributed by atoms with Gasteiger partial charge in [-0.15, -0.1) is 0 Å². The Kier molecular flexibility index (Phi) is 11.5. The SMILES string of the molecule is CCn1nccc1C(=O)N[C@H](C(=O)Nc1ccc([C@H](C)[C@@H](NC(=O)NC2CC2)C(=O)N2CCN(C)CC2)cc1F)C1CCCCCC1. The minimum Gasteiger partial charge on any atom is -0.339 e. The highest BCUT2D eigenvalue weighted by Crippen LogP contribution is 2.29. The summed E-state index contributed by atoms with van der Waals surface area (Å²) in [7, 11) is 2.00. The average Bonchev–Trinajstić information content (AvgIpc) is 3.81. The lowest BCUT2D eigenvalue weighted by molar-refractivity contribution is -0.135. The van der Waals surface area contributed by atoms with E-state index < -0.39 is 41.7 Å². The maximum atomic E-state index is 15.7. The Bertz CT molecular complexity index is 1410.